The molecule has 1 aromatic carbocycles. The highest BCUT2D eigenvalue weighted by molar-refractivity contribution is 7.90. The van der Waals surface area contributed by atoms with Gasteiger partial charge in [0.25, 0.3) is 0 Å². The van der Waals surface area contributed by atoms with E-state index in [2.05, 4.69) is 29.7 Å². The van der Waals surface area contributed by atoms with Crippen LogP contribution in [0.25, 0.3) is 11.0 Å². The van der Waals surface area contributed by atoms with E-state index in [4.69, 9.17) is 19.2 Å². The lowest BCUT2D eigenvalue weighted by molar-refractivity contribution is -0.227. The van der Waals surface area contributed by atoms with Crippen molar-refractivity contribution in [1.82, 2.24) is 19.6 Å². The van der Waals surface area contributed by atoms with Crippen LogP contribution in [-0.2, 0) is 37.1 Å². The number of amides is 1. The van der Waals surface area contributed by atoms with Crippen molar-refractivity contribution in [2.24, 2.45) is 5.92 Å². The lowest BCUT2D eigenvalue weighted by Crippen LogP contribution is -2.47. The van der Waals surface area contributed by atoms with Crippen molar-refractivity contribution in [1.29, 1.82) is 0 Å². The number of nitrogens with zero attached hydrogens (tertiary/aromatic N) is 2. The Morgan fingerprint density at radius 3 is 2.38 bits per heavy atom. The number of imidazole rings is 1. The first-order valence-corrected chi connectivity index (χ1v) is 22.1. The summed E-state index contributed by atoms with van der Waals surface area (Å²) in [5.41, 5.74) is 1.75. The average molecular weight is 753 g/mol. The molecule has 16 heteroatoms. The van der Waals surface area contributed by atoms with Crippen LogP contribution >= 0.6 is 0 Å². The minimum absolute atomic E-state index is 0.0161. The number of aromatic nitrogens is 2. The minimum Gasteiger partial charge on any atom is -0.598 e. The molecular weight excluding hydrogens is 700 g/mol. The van der Waals surface area contributed by atoms with E-state index in [0.29, 0.717) is 23.2 Å². The number of nitrogens with one attached hydrogen (secondary N) is 2. The number of halogens is 5. The van der Waals surface area contributed by atoms with E-state index in [0.717, 1.165) is 25.8 Å². The number of alkyl halides is 5. The van der Waals surface area contributed by atoms with Crippen LogP contribution in [0.5, 0.6) is 0 Å². The van der Waals surface area contributed by atoms with Crippen LogP contribution in [0.15, 0.2) is 18.2 Å². The molecule has 9 nitrogen and oxygen atoms in total. The number of carbonyl (C=O) groups excluding carboxylic acids is 1. The minimum atomic E-state index is -4.61. The van der Waals surface area contributed by atoms with Gasteiger partial charge in [-0.25, -0.2) is 13.8 Å². The summed E-state index contributed by atoms with van der Waals surface area (Å²) in [4.78, 5) is 17.9. The largest absolute Gasteiger partial charge is 0.598 e. The molecule has 2 aromatic rings. The summed E-state index contributed by atoms with van der Waals surface area (Å²) >= 11 is -1.71. The Bertz CT molecular complexity index is 1440. The lowest BCUT2D eigenvalue weighted by Gasteiger charge is -2.34. The fourth-order valence-corrected chi connectivity index (χ4v) is 7.19. The number of ether oxygens (including phenoxy) is 3. The van der Waals surface area contributed by atoms with E-state index >= 15 is 0 Å². The van der Waals surface area contributed by atoms with E-state index in [1.54, 1.807) is 37.5 Å². The molecule has 1 heterocycles. The zero-order valence-electron chi connectivity index (χ0n) is 30.3. The highest BCUT2D eigenvalue weighted by Crippen LogP contribution is 2.44. The molecule has 284 valence electrons. The van der Waals surface area contributed by atoms with Gasteiger partial charge in [0.2, 0.25) is 11.8 Å². The molecule has 0 saturated heterocycles. The smallest absolute Gasteiger partial charge is 0.414 e. The monoisotopic (exact) mass is 752 g/mol. The van der Waals surface area contributed by atoms with Gasteiger partial charge in [-0.2, -0.15) is 13.2 Å². The summed E-state index contributed by atoms with van der Waals surface area (Å²) in [6.45, 7) is 15.0. The van der Waals surface area contributed by atoms with Crippen LogP contribution in [0.3, 0.4) is 0 Å². The van der Waals surface area contributed by atoms with Gasteiger partial charge in [-0.1, -0.05) is 25.7 Å². The van der Waals surface area contributed by atoms with Gasteiger partial charge in [-0.15, -0.1) is 4.72 Å². The summed E-state index contributed by atoms with van der Waals surface area (Å²) in [5.74, 6) is -3.18. The molecule has 2 saturated carbocycles. The number of fused-ring (bicyclic) bond motifs is 1. The predicted molar refractivity (Wildman–Crippen MR) is 186 cm³/mol. The van der Waals surface area contributed by atoms with Crippen molar-refractivity contribution in [2.45, 2.75) is 146 Å². The Kier molecular flexibility index (Phi) is 13.1. The predicted octanol–water partition coefficient (Wildman–Crippen LogP) is 7.57. The van der Waals surface area contributed by atoms with Crippen LogP contribution in [0.2, 0.25) is 25.7 Å². The Balaban J connectivity index is 1.70. The van der Waals surface area contributed by atoms with Gasteiger partial charge < -0.3 is 28.6 Å². The second kappa shape index (κ2) is 16.0. The van der Waals surface area contributed by atoms with Gasteiger partial charge in [0, 0.05) is 45.3 Å². The Morgan fingerprint density at radius 2 is 1.82 bits per heavy atom. The molecule has 5 atom stereocenters. The van der Waals surface area contributed by atoms with Crippen molar-refractivity contribution < 1.29 is 45.5 Å². The fraction of sp³-hybridized carbons (Fsp3) is 0.765. The normalized spacial score (nSPS) is 20.3. The quantitative estimate of drug-likeness (QED) is 0.0700. The van der Waals surface area contributed by atoms with Gasteiger partial charge in [0.05, 0.1) is 35.9 Å². The second-order valence-electron chi connectivity index (χ2n) is 16.0. The van der Waals surface area contributed by atoms with E-state index in [9.17, 15) is 31.3 Å². The highest BCUT2D eigenvalue weighted by Gasteiger charge is 2.46. The van der Waals surface area contributed by atoms with Crippen LogP contribution in [-0.4, -0.2) is 76.5 Å². The van der Waals surface area contributed by atoms with Crippen LogP contribution < -0.4 is 10.0 Å². The molecule has 0 bridgehead atoms. The molecule has 2 fully saturated rings. The zero-order chi connectivity index (χ0) is 37.2. The SMILES string of the molecule is C[C@H](O[C@H](C)[C@H](N[S+]([O-])C(C)(C)C)c1nc2cc([C@@H](COC3CC3)NC(=O)CC3CC(F)(F)C3)ccc2n1COCC[Si](C)(C)C)C(F)(F)F. The Labute approximate surface area is 296 Å². The Morgan fingerprint density at radius 1 is 1.16 bits per heavy atom. The van der Waals surface area contributed by atoms with E-state index < -0.39 is 60.6 Å². The van der Waals surface area contributed by atoms with Crippen molar-refractivity contribution in [3.63, 3.8) is 0 Å². The maximum Gasteiger partial charge on any atom is 0.414 e. The van der Waals surface area contributed by atoms with Crippen LogP contribution in [0.4, 0.5) is 22.0 Å². The maximum atomic E-state index is 13.6. The van der Waals surface area contributed by atoms with Gasteiger partial charge in [-0.3, -0.25) is 4.79 Å². The number of hydrogen-bond acceptors (Lipinski definition) is 7. The first-order valence-electron chi connectivity index (χ1n) is 17.3. The van der Waals surface area contributed by atoms with E-state index in [1.807, 2.05) is 6.07 Å². The van der Waals surface area contributed by atoms with Crippen LogP contribution in [0, 0.1) is 5.92 Å². The molecule has 2 aliphatic carbocycles. The standard InChI is InChI=1S/C34H53F5N4O5SSi/c1-21(48-22(2)34(37,38)39)30(42-49(45)32(3,4)5)31-41-26-16-24(9-12-28(26)43(31)20-46-13-14-50(6,7)8)27(19-47-25-10-11-25)40-29(44)15-23-17-33(35,36)18-23/h9,12,16,21-23,25,27,30,42H,10-11,13-15,17-20H2,1-8H3,(H,40,44)/t21-,22+,27-,30+,49?/m1/s1. The highest BCUT2D eigenvalue weighted by atomic mass is 32.2. The lowest BCUT2D eigenvalue weighted by atomic mass is 9.79. The molecule has 0 spiro atoms. The van der Waals surface area contributed by atoms with E-state index in [1.165, 1.54) is 6.92 Å². The number of hydrogen-bond donors (Lipinski definition) is 2. The fourth-order valence-electron chi connectivity index (χ4n) is 5.55. The summed E-state index contributed by atoms with van der Waals surface area (Å²) in [6.07, 6.45) is -6.53. The first kappa shape index (κ1) is 40.9. The van der Waals surface area contributed by atoms with Crippen molar-refractivity contribution in [3.8, 4) is 0 Å². The zero-order valence-corrected chi connectivity index (χ0v) is 32.1. The number of carbonyl (C=O) groups is 1. The molecule has 1 unspecified atom stereocenters. The molecule has 1 aromatic heterocycles. The van der Waals surface area contributed by atoms with Crippen molar-refractivity contribution in [2.75, 3.05) is 13.2 Å². The van der Waals surface area contributed by atoms with Gasteiger partial charge in [0.1, 0.15) is 23.3 Å². The third-order valence-corrected chi connectivity index (χ3v) is 12.1. The molecule has 2 aliphatic rings. The topological polar surface area (TPSA) is 110 Å². The maximum absolute atomic E-state index is 13.6. The Hall–Kier alpha value is -1.82. The molecule has 0 aliphatic heterocycles. The molecule has 2 N–H and O–H groups in total. The summed E-state index contributed by atoms with van der Waals surface area (Å²) < 4.78 is 103. The molecule has 0 radical (unpaired) electrons. The van der Waals surface area contributed by atoms with Gasteiger partial charge in [-0.05, 0) is 77.1 Å². The molecular formula is C34H53F5N4O5SSi. The third-order valence-electron chi connectivity index (χ3n) is 8.85. The number of benzene rings is 1. The van der Waals surface area contributed by atoms with Crippen LogP contribution in [0.1, 0.15) is 90.2 Å². The van der Waals surface area contributed by atoms with Gasteiger partial charge >= 0.3 is 6.18 Å². The third kappa shape index (κ3) is 11.9. The van der Waals surface area contributed by atoms with Gasteiger partial charge in [0.15, 0.2) is 6.10 Å². The summed E-state index contributed by atoms with van der Waals surface area (Å²) in [5, 5.41) is 2.96. The number of rotatable bonds is 18. The molecule has 50 heavy (non-hydrogen) atoms. The summed E-state index contributed by atoms with van der Waals surface area (Å²) in [7, 11) is -1.44. The van der Waals surface area contributed by atoms with E-state index in [-0.39, 0.29) is 56.4 Å². The van der Waals surface area contributed by atoms with Crippen molar-refractivity contribution in [3.05, 3.63) is 29.6 Å². The average Bonchev–Trinajstić information content (AvgIpc) is 3.73. The first-order chi connectivity index (χ1) is 23.0. The van der Waals surface area contributed by atoms with Crippen molar-refractivity contribution >= 4 is 36.4 Å². The molecule has 1 amide bonds. The summed E-state index contributed by atoms with van der Waals surface area (Å²) in [6, 6.07) is 4.65. The second-order valence-corrected chi connectivity index (χ2v) is 23.6. The molecule has 4 rings (SSSR count).